The fourth-order valence-electron chi connectivity index (χ4n) is 9.74. The minimum Gasteiger partial charge on any atom is -0.497 e. The third kappa shape index (κ3) is 8.77. The Kier molecular flexibility index (Phi) is 12.6. The topological polar surface area (TPSA) is 195 Å². The van der Waals surface area contributed by atoms with Crippen LogP contribution in [0.25, 0.3) is 11.0 Å². The van der Waals surface area contributed by atoms with Crippen molar-refractivity contribution in [2.75, 3.05) is 13.7 Å². The summed E-state index contributed by atoms with van der Waals surface area (Å²) in [5.41, 5.74) is -5.11. The molecule has 1 aromatic carbocycles. The van der Waals surface area contributed by atoms with E-state index in [0.717, 1.165) is 4.90 Å². The molecule has 356 valence electrons. The Bertz CT molecular complexity index is 2280. The Labute approximate surface area is 370 Å². The molecule has 3 saturated carbocycles. The molecule has 2 aliphatic heterocycles. The molecule has 0 radical (unpaired) electrons. The predicted octanol–water partition coefficient (Wildman–Crippen LogP) is 6.37. The van der Waals surface area contributed by atoms with Crippen molar-refractivity contribution in [1.29, 1.82) is 0 Å². The van der Waals surface area contributed by atoms with Gasteiger partial charge in [0.25, 0.3) is 5.91 Å². The van der Waals surface area contributed by atoms with Crippen LogP contribution < -0.4 is 24.8 Å². The van der Waals surface area contributed by atoms with Crippen LogP contribution in [0, 0.1) is 23.2 Å². The van der Waals surface area contributed by atoms with Gasteiger partial charge in [-0.05, 0) is 88.7 Å². The molecule has 2 aromatic rings. The number of alkyl halides is 5. The highest BCUT2D eigenvalue weighted by atomic mass is 32.2. The number of fused-ring (bicyclic) bond motifs is 5. The second kappa shape index (κ2) is 17.0. The van der Waals surface area contributed by atoms with E-state index >= 15 is 18.0 Å². The fraction of sp³-hybridized carbons (Fsp3) is 0.721. The lowest BCUT2D eigenvalue weighted by molar-refractivity contribution is -0.271. The van der Waals surface area contributed by atoms with Crippen LogP contribution in [0.1, 0.15) is 112 Å². The number of sulfonamides is 1. The molecule has 21 heteroatoms. The molecule has 0 unspecified atom stereocenters. The lowest BCUT2D eigenvalue weighted by atomic mass is 9.85. The molecule has 1 saturated heterocycles. The molecule has 0 spiro atoms. The minimum absolute atomic E-state index is 0. The third-order valence-corrected chi connectivity index (χ3v) is 16.2. The van der Waals surface area contributed by atoms with E-state index in [1.54, 1.807) is 45.9 Å². The van der Waals surface area contributed by atoms with Gasteiger partial charge in [0.2, 0.25) is 39.7 Å². The van der Waals surface area contributed by atoms with Crippen LogP contribution in [0.3, 0.4) is 0 Å². The number of ether oxygens (including phenoxy) is 3. The van der Waals surface area contributed by atoms with Crippen molar-refractivity contribution in [2.45, 2.75) is 158 Å². The SMILES string of the molecule is CC[C@@H]1[C@@H]2CN(C(=O)[C@H](C(C)(C)C)NC(=O)O[C@]3(C(F)(F)F)CCC[C@H]3CCCCCc3nc4ccc(OC)cc4nc3O2)[C@@H]1C(=O)N[C@]1(C(=O)NS(=O)(=O)C2(C)CC2)C[C@H]1C(F)F.[HH]. The average Bonchev–Trinajstić information content (AvgIpc) is 4.06. The van der Waals surface area contributed by atoms with Crippen LogP contribution in [0.5, 0.6) is 11.6 Å². The zero-order chi connectivity index (χ0) is 46.8. The predicted molar refractivity (Wildman–Crippen MR) is 223 cm³/mol. The number of nitrogens with one attached hydrogen (secondary N) is 3. The number of alkyl carbamates (subject to hydrolysis) is 1. The summed E-state index contributed by atoms with van der Waals surface area (Å²) in [5, 5.41) is 4.82. The number of methoxy groups -OCH3 is 1. The average molecular weight is 931 g/mol. The maximum Gasteiger partial charge on any atom is 0.428 e. The lowest BCUT2D eigenvalue weighted by Crippen LogP contribution is -2.62. The smallest absolute Gasteiger partial charge is 0.428 e. The van der Waals surface area contributed by atoms with E-state index in [9.17, 15) is 31.6 Å². The summed E-state index contributed by atoms with van der Waals surface area (Å²) in [4.78, 5) is 68.0. The molecule has 7 rings (SSSR count). The molecule has 8 atom stereocenters. The largest absolute Gasteiger partial charge is 0.497 e. The van der Waals surface area contributed by atoms with Crippen molar-refractivity contribution >= 4 is 44.9 Å². The second-order valence-electron chi connectivity index (χ2n) is 19.4. The summed E-state index contributed by atoms with van der Waals surface area (Å²) in [7, 11) is -2.85. The van der Waals surface area contributed by atoms with Gasteiger partial charge in [-0.15, -0.1) is 0 Å². The number of hydrogen-bond donors (Lipinski definition) is 3. The van der Waals surface area contributed by atoms with E-state index in [1.807, 2.05) is 4.72 Å². The Morgan fingerprint density at radius 3 is 2.36 bits per heavy atom. The van der Waals surface area contributed by atoms with Crippen LogP contribution in [-0.2, 0) is 35.6 Å². The number of aromatic nitrogens is 2. The summed E-state index contributed by atoms with van der Waals surface area (Å²) in [6, 6.07) is 1.85. The number of carbonyl (C=O) groups excluding carboxylic acids is 4. The highest BCUT2D eigenvalue weighted by Crippen LogP contribution is 2.52. The van der Waals surface area contributed by atoms with Gasteiger partial charge in [0, 0.05) is 19.3 Å². The highest BCUT2D eigenvalue weighted by Gasteiger charge is 2.68. The fourth-order valence-corrected chi connectivity index (χ4v) is 11.1. The lowest BCUT2D eigenvalue weighted by Gasteiger charge is -2.39. The molecule has 3 N–H and O–H groups in total. The van der Waals surface area contributed by atoms with Crippen molar-refractivity contribution in [3.63, 3.8) is 0 Å². The summed E-state index contributed by atoms with van der Waals surface area (Å²) in [6.45, 7) is 7.39. The van der Waals surface area contributed by atoms with Crippen LogP contribution in [0.2, 0.25) is 0 Å². The zero-order valence-electron chi connectivity index (χ0n) is 36.8. The van der Waals surface area contributed by atoms with Crippen molar-refractivity contribution in [3.8, 4) is 11.6 Å². The van der Waals surface area contributed by atoms with Gasteiger partial charge in [0.05, 0.1) is 35.4 Å². The van der Waals surface area contributed by atoms with Crippen LogP contribution >= 0.6 is 0 Å². The van der Waals surface area contributed by atoms with Crippen LogP contribution in [-0.4, -0.2) is 107 Å². The van der Waals surface area contributed by atoms with Gasteiger partial charge in [0.1, 0.15) is 35.2 Å². The number of benzene rings is 1. The van der Waals surface area contributed by atoms with E-state index < -0.39 is 117 Å². The number of carbonyl (C=O) groups is 4. The van der Waals surface area contributed by atoms with E-state index in [1.165, 1.54) is 14.0 Å². The number of hydrogen-bond acceptors (Lipinski definition) is 11. The van der Waals surface area contributed by atoms with Gasteiger partial charge < -0.3 is 29.7 Å². The Morgan fingerprint density at radius 1 is 1.05 bits per heavy atom. The molecule has 64 heavy (non-hydrogen) atoms. The van der Waals surface area contributed by atoms with Gasteiger partial charge in [0.15, 0.2) is 0 Å². The summed E-state index contributed by atoms with van der Waals surface area (Å²) in [5.74, 6) is -6.60. The van der Waals surface area contributed by atoms with Gasteiger partial charge in [-0.2, -0.15) is 13.2 Å². The molecular weight excluding hydrogens is 872 g/mol. The van der Waals surface area contributed by atoms with Crippen molar-refractivity contribution in [3.05, 3.63) is 23.9 Å². The maximum absolute atomic E-state index is 15.1. The maximum atomic E-state index is 15.1. The summed E-state index contributed by atoms with van der Waals surface area (Å²) in [6.07, 6.45) is -9.06. The van der Waals surface area contributed by atoms with Crippen molar-refractivity contribution < 1.29 is 65.2 Å². The van der Waals surface area contributed by atoms with Crippen molar-refractivity contribution in [2.24, 2.45) is 23.2 Å². The van der Waals surface area contributed by atoms with Gasteiger partial charge in [-0.25, -0.2) is 32.0 Å². The van der Waals surface area contributed by atoms with Crippen LogP contribution in [0.4, 0.5) is 26.7 Å². The first-order valence-corrected chi connectivity index (χ1v) is 23.4. The van der Waals surface area contributed by atoms with E-state index in [2.05, 4.69) is 10.6 Å². The first-order valence-electron chi connectivity index (χ1n) is 22.0. The third-order valence-electron chi connectivity index (χ3n) is 14.0. The molecule has 3 heterocycles. The molecule has 1 aromatic heterocycles. The van der Waals surface area contributed by atoms with E-state index in [-0.39, 0.29) is 58.8 Å². The van der Waals surface area contributed by atoms with E-state index in [0.29, 0.717) is 41.7 Å². The standard InChI is InChI=1S/C43H57F5N6O9S.H2/c1-7-25-30-22-54(31(25)34(55)52-41(21-26(41)33(44)45)37(57)53-64(59,60)40(5)18-19-40)36(56)32(39(2,3)4)51-38(58)63-42(43(46,47)48)17-11-13-23(42)12-9-8-10-14-28-35(62-30)50-29-20-24(61-6)15-16-27(29)49-28;/h15-16,20,23,25-26,30-33H,7-14,17-19,21-22H2,1-6H3,(H,51,58)(H,52,55)(H,53,57);1H/t23-,25-,26+,30+,31+,32-,41-,42-;/m1./s1. The van der Waals surface area contributed by atoms with Gasteiger partial charge >= 0.3 is 12.3 Å². The van der Waals surface area contributed by atoms with Crippen molar-refractivity contribution in [1.82, 2.24) is 30.2 Å². The highest BCUT2D eigenvalue weighted by molar-refractivity contribution is 7.91. The first-order chi connectivity index (χ1) is 29.9. The molecule has 15 nitrogen and oxygen atoms in total. The minimum atomic E-state index is -4.94. The number of rotatable bonds is 8. The molecule has 2 bridgehead atoms. The normalized spacial score (nSPS) is 31.1. The Hall–Kier alpha value is -4.56. The Balaban J connectivity index is 0.00000700. The molecule has 5 aliphatic rings. The number of aryl methyl sites for hydroxylation is 1. The first kappa shape index (κ1) is 47.4. The Morgan fingerprint density at radius 2 is 1.75 bits per heavy atom. The molecule has 4 fully saturated rings. The number of nitrogens with zero attached hydrogens (tertiary/aromatic N) is 3. The van der Waals surface area contributed by atoms with Crippen LogP contribution in [0.15, 0.2) is 18.2 Å². The summed E-state index contributed by atoms with van der Waals surface area (Å²) >= 11 is 0. The second-order valence-corrected chi connectivity index (χ2v) is 21.6. The molecule has 3 aliphatic carbocycles. The van der Waals surface area contributed by atoms with Gasteiger partial charge in [-0.1, -0.05) is 40.5 Å². The zero-order valence-corrected chi connectivity index (χ0v) is 37.6. The number of halogens is 5. The van der Waals surface area contributed by atoms with E-state index in [4.69, 9.17) is 24.2 Å². The quantitative estimate of drug-likeness (QED) is 0.249. The van der Waals surface area contributed by atoms with Gasteiger partial charge in [-0.3, -0.25) is 19.1 Å². The summed E-state index contributed by atoms with van der Waals surface area (Å²) < 4.78 is 119. The number of amides is 4. The molecule has 4 amide bonds. The monoisotopic (exact) mass is 930 g/mol. The molecular formula is C43H59F5N6O9S.